The fourth-order valence-electron chi connectivity index (χ4n) is 2.07. The van der Waals surface area contributed by atoms with Crippen molar-refractivity contribution in [1.29, 1.82) is 0 Å². The van der Waals surface area contributed by atoms with Gasteiger partial charge in [-0.05, 0) is 54.3 Å². The summed E-state index contributed by atoms with van der Waals surface area (Å²) in [6, 6.07) is 14.8. The van der Waals surface area contributed by atoms with Crippen molar-refractivity contribution in [3.8, 4) is 0 Å². The predicted octanol–water partition coefficient (Wildman–Crippen LogP) is 5.12. The molecule has 3 heteroatoms. The molecular formula is C17H20ClNS. The Morgan fingerprint density at radius 1 is 1.10 bits per heavy atom. The Bertz CT molecular complexity index is 564. The van der Waals surface area contributed by atoms with Crippen LogP contribution >= 0.6 is 23.4 Å². The monoisotopic (exact) mass is 305 g/mol. The first-order valence-electron chi connectivity index (χ1n) is 6.87. The predicted molar refractivity (Wildman–Crippen MR) is 88.9 cm³/mol. The lowest BCUT2D eigenvalue weighted by Crippen LogP contribution is -2.04. The van der Waals surface area contributed by atoms with Crippen LogP contribution in [0, 0.1) is 0 Å². The van der Waals surface area contributed by atoms with E-state index < -0.39 is 0 Å². The summed E-state index contributed by atoms with van der Waals surface area (Å²) < 4.78 is 0. The normalized spacial score (nSPS) is 11.1. The van der Waals surface area contributed by atoms with Crippen LogP contribution in [0.5, 0.6) is 0 Å². The highest BCUT2D eigenvalue weighted by molar-refractivity contribution is 7.99. The summed E-state index contributed by atoms with van der Waals surface area (Å²) in [5, 5.41) is 0.805. The minimum Gasteiger partial charge on any atom is -0.330 e. The third kappa shape index (κ3) is 3.78. The largest absolute Gasteiger partial charge is 0.330 e. The minimum absolute atomic E-state index is 0.563. The SMILES string of the molecule is CC(C)c1ccc(Sc2cccc(Cl)c2CCN)cc1. The highest BCUT2D eigenvalue weighted by Gasteiger charge is 2.08. The van der Waals surface area contributed by atoms with E-state index in [2.05, 4.69) is 44.2 Å². The molecule has 2 aromatic rings. The van der Waals surface area contributed by atoms with Gasteiger partial charge in [0.25, 0.3) is 0 Å². The lowest BCUT2D eigenvalue weighted by atomic mass is 10.0. The summed E-state index contributed by atoms with van der Waals surface area (Å²) in [5.41, 5.74) is 8.19. The van der Waals surface area contributed by atoms with E-state index in [9.17, 15) is 0 Å². The van der Waals surface area contributed by atoms with Crippen molar-refractivity contribution >= 4 is 23.4 Å². The molecule has 106 valence electrons. The van der Waals surface area contributed by atoms with E-state index >= 15 is 0 Å². The number of halogens is 1. The number of rotatable bonds is 5. The molecule has 2 rings (SSSR count). The molecule has 0 saturated heterocycles. The van der Waals surface area contributed by atoms with Gasteiger partial charge in [-0.2, -0.15) is 0 Å². The summed E-state index contributed by atoms with van der Waals surface area (Å²) in [6.45, 7) is 5.03. The van der Waals surface area contributed by atoms with Crippen LogP contribution in [0.15, 0.2) is 52.3 Å². The van der Waals surface area contributed by atoms with Gasteiger partial charge in [0.2, 0.25) is 0 Å². The van der Waals surface area contributed by atoms with Crippen LogP contribution in [-0.4, -0.2) is 6.54 Å². The second-order valence-electron chi connectivity index (χ2n) is 5.08. The summed E-state index contributed by atoms with van der Waals surface area (Å²) in [7, 11) is 0. The number of benzene rings is 2. The summed E-state index contributed by atoms with van der Waals surface area (Å²) in [4.78, 5) is 2.43. The van der Waals surface area contributed by atoms with Gasteiger partial charge in [-0.25, -0.2) is 0 Å². The zero-order valence-electron chi connectivity index (χ0n) is 11.9. The second-order valence-corrected chi connectivity index (χ2v) is 6.60. The smallest absolute Gasteiger partial charge is 0.0449 e. The fourth-order valence-corrected chi connectivity index (χ4v) is 3.40. The number of hydrogen-bond donors (Lipinski definition) is 1. The standard InChI is InChI=1S/C17H20ClNS/c1-12(2)13-6-8-14(9-7-13)20-17-5-3-4-16(18)15(17)10-11-19/h3-9,12H,10-11,19H2,1-2H3. The zero-order chi connectivity index (χ0) is 14.5. The number of hydrogen-bond acceptors (Lipinski definition) is 2. The van der Waals surface area contributed by atoms with Crippen LogP contribution in [0.2, 0.25) is 5.02 Å². The van der Waals surface area contributed by atoms with Gasteiger partial charge >= 0.3 is 0 Å². The van der Waals surface area contributed by atoms with Crippen LogP contribution < -0.4 is 5.73 Å². The first-order chi connectivity index (χ1) is 9.61. The van der Waals surface area contributed by atoms with Crippen molar-refractivity contribution in [3.05, 3.63) is 58.6 Å². The Labute approximate surface area is 130 Å². The van der Waals surface area contributed by atoms with Gasteiger partial charge in [0.05, 0.1) is 0 Å². The highest BCUT2D eigenvalue weighted by atomic mass is 35.5. The maximum absolute atomic E-state index is 6.27. The van der Waals surface area contributed by atoms with E-state index in [0.717, 1.165) is 17.0 Å². The number of nitrogens with two attached hydrogens (primary N) is 1. The third-order valence-corrected chi connectivity index (χ3v) is 4.71. The quantitative estimate of drug-likeness (QED) is 0.830. The molecule has 2 N–H and O–H groups in total. The average molecular weight is 306 g/mol. The Morgan fingerprint density at radius 2 is 1.80 bits per heavy atom. The van der Waals surface area contributed by atoms with Crippen LogP contribution in [0.1, 0.15) is 30.9 Å². The van der Waals surface area contributed by atoms with Gasteiger partial charge < -0.3 is 5.73 Å². The fraction of sp³-hybridized carbons (Fsp3) is 0.294. The molecule has 0 aromatic heterocycles. The molecular weight excluding hydrogens is 286 g/mol. The molecule has 20 heavy (non-hydrogen) atoms. The Morgan fingerprint density at radius 3 is 2.40 bits per heavy atom. The molecule has 0 atom stereocenters. The Balaban J connectivity index is 2.23. The lowest BCUT2D eigenvalue weighted by Gasteiger charge is -2.11. The Hall–Kier alpha value is -0.960. The van der Waals surface area contributed by atoms with Crippen molar-refractivity contribution in [1.82, 2.24) is 0 Å². The van der Waals surface area contributed by atoms with Gasteiger partial charge in [-0.1, -0.05) is 55.4 Å². The molecule has 0 unspecified atom stereocenters. The highest BCUT2D eigenvalue weighted by Crippen LogP contribution is 2.34. The van der Waals surface area contributed by atoms with Gasteiger partial charge in [-0.3, -0.25) is 0 Å². The molecule has 0 bridgehead atoms. The van der Waals surface area contributed by atoms with Crippen molar-refractivity contribution in [3.63, 3.8) is 0 Å². The zero-order valence-corrected chi connectivity index (χ0v) is 13.5. The maximum atomic E-state index is 6.27. The molecule has 0 aliphatic rings. The topological polar surface area (TPSA) is 26.0 Å². The second kappa shape index (κ2) is 7.16. The molecule has 0 spiro atoms. The van der Waals surface area contributed by atoms with E-state index in [0.29, 0.717) is 12.5 Å². The molecule has 0 radical (unpaired) electrons. The first-order valence-corrected chi connectivity index (χ1v) is 8.06. The molecule has 1 nitrogen and oxygen atoms in total. The lowest BCUT2D eigenvalue weighted by molar-refractivity contribution is 0.865. The first kappa shape index (κ1) is 15.4. The van der Waals surface area contributed by atoms with Crippen molar-refractivity contribution in [2.45, 2.75) is 36.0 Å². The molecule has 0 fully saturated rings. The van der Waals surface area contributed by atoms with E-state index in [1.807, 2.05) is 12.1 Å². The van der Waals surface area contributed by atoms with Gasteiger partial charge in [0.15, 0.2) is 0 Å². The molecule has 0 aliphatic heterocycles. The van der Waals surface area contributed by atoms with Crippen molar-refractivity contribution in [2.75, 3.05) is 6.54 Å². The summed E-state index contributed by atoms with van der Waals surface area (Å²) >= 11 is 8.02. The third-order valence-electron chi connectivity index (χ3n) is 3.24. The van der Waals surface area contributed by atoms with Crippen LogP contribution in [0.25, 0.3) is 0 Å². The summed E-state index contributed by atoms with van der Waals surface area (Å²) in [6.07, 6.45) is 0.812. The average Bonchev–Trinajstić information content (AvgIpc) is 2.43. The van der Waals surface area contributed by atoms with Gasteiger partial charge in [-0.15, -0.1) is 0 Å². The van der Waals surface area contributed by atoms with E-state index in [1.165, 1.54) is 15.4 Å². The van der Waals surface area contributed by atoms with E-state index in [1.54, 1.807) is 11.8 Å². The van der Waals surface area contributed by atoms with E-state index in [-0.39, 0.29) is 0 Å². The van der Waals surface area contributed by atoms with Gasteiger partial charge in [0, 0.05) is 14.8 Å². The van der Waals surface area contributed by atoms with Crippen LogP contribution in [-0.2, 0) is 6.42 Å². The summed E-state index contributed by atoms with van der Waals surface area (Å²) in [5.74, 6) is 0.563. The Kier molecular flexibility index (Phi) is 5.53. The van der Waals surface area contributed by atoms with Crippen molar-refractivity contribution in [2.24, 2.45) is 5.73 Å². The van der Waals surface area contributed by atoms with Crippen molar-refractivity contribution < 1.29 is 0 Å². The molecule has 0 aliphatic carbocycles. The molecule has 0 heterocycles. The van der Waals surface area contributed by atoms with Gasteiger partial charge in [0.1, 0.15) is 0 Å². The van der Waals surface area contributed by atoms with Crippen LogP contribution in [0.4, 0.5) is 0 Å². The van der Waals surface area contributed by atoms with Crippen LogP contribution in [0.3, 0.4) is 0 Å². The molecule has 0 saturated carbocycles. The molecule has 0 amide bonds. The van der Waals surface area contributed by atoms with E-state index in [4.69, 9.17) is 17.3 Å². The minimum atomic E-state index is 0.563. The maximum Gasteiger partial charge on any atom is 0.0449 e. The molecule has 2 aromatic carbocycles.